The fraction of sp³-hybridized carbons (Fsp3) is 0.364. The largest absolute Gasteiger partial charge is 0.443 e. The molecule has 0 saturated carbocycles. The van der Waals surface area contributed by atoms with Gasteiger partial charge in [-0.1, -0.05) is 0 Å². The molecule has 1 rings (SSSR count). The SMILES string of the molecule is CC(C)(C)OC(=O)NNC(=O)c1ccnc(Br)c1. The van der Waals surface area contributed by atoms with E-state index in [1.807, 2.05) is 0 Å². The zero-order chi connectivity index (χ0) is 13.8. The van der Waals surface area contributed by atoms with Crippen molar-refractivity contribution in [2.45, 2.75) is 26.4 Å². The minimum atomic E-state index is -0.719. The predicted molar refractivity (Wildman–Crippen MR) is 68.8 cm³/mol. The van der Waals surface area contributed by atoms with E-state index in [1.54, 1.807) is 20.8 Å². The average molecular weight is 316 g/mol. The number of carbonyl (C=O) groups is 2. The molecule has 6 nitrogen and oxygen atoms in total. The van der Waals surface area contributed by atoms with E-state index in [0.29, 0.717) is 10.2 Å². The lowest BCUT2D eigenvalue weighted by molar-refractivity contribution is 0.0483. The molecule has 0 bridgehead atoms. The first-order valence-electron chi connectivity index (χ1n) is 5.19. The third-order valence-corrected chi connectivity index (χ3v) is 2.10. The summed E-state index contributed by atoms with van der Waals surface area (Å²) in [6, 6.07) is 3.06. The van der Waals surface area contributed by atoms with Gasteiger partial charge in [-0.15, -0.1) is 0 Å². The Balaban J connectivity index is 2.49. The van der Waals surface area contributed by atoms with Crippen LogP contribution >= 0.6 is 15.9 Å². The summed E-state index contributed by atoms with van der Waals surface area (Å²) in [6.45, 7) is 5.19. The molecule has 0 aliphatic heterocycles. The summed E-state index contributed by atoms with van der Waals surface area (Å²) in [6.07, 6.45) is 0.760. The molecule has 0 radical (unpaired) electrons. The minimum absolute atomic E-state index is 0.368. The molecule has 98 valence electrons. The Kier molecular flexibility index (Phi) is 4.66. The molecular weight excluding hydrogens is 302 g/mol. The first-order valence-corrected chi connectivity index (χ1v) is 5.98. The molecule has 0 fully saturated rings. The van der Waals surface area contributed by atoms with Crippen LogP contribution in [0.5, 0.6) is 0 Å². The van der Waals surface area contributed by atoms with Crippen LogP contribution in [0.3, 0.4) is 0 Å². The van der Waals surface area contributed by atoms with Gasteiger partial charge in [0.05, 0.1) is 0 Å². The molecule has 0 aliphatic rings. The summed E-state index contributed by atoms with van der Waals surface area (Å²) in [5.74, 6) is -0.455. The van der Waals surface area contributed by atoms with Crippen molar-refractivity contribution in [3.8, 4) is 0 Å². The zero-order valence-electron chi connectivity index (χ0n) is 10.3. The van der Waals surface area contributed by atoms with Gasteiger partial charge in [-0.05, 0) is 48.8 Å². The molecule has 2 N–H and O–H groups in total. The van der Waals surface area contributed by atoms with Gasteiger partial charge in [-0.25, -0.2) is 15.2 Å². The molecule has 0 aromatic carbocycles. The lowest BCUT2D eigenvalue weighted by Gasteiger charge is -2.19. The fourth-order valence-electron chi connectivity index (χ4n) is 1.03. The maximum Gasteiger partial charge on any atom is 0.426 e. The van der Waals surface area contributed by atoms with Crippen molar-refractivity contribution in [2.75, 3.05) is 0 Å². The van der Waals surface area contributed by atoms with E-state index in [1.165, 1.54) is 18.3 Å². The second-order valence-corrected chi connectivity index (χ2v) is 5.26. The number of hydrazine groups is 1. The number of halogens is 1. The van der Waals surface area contributed by atoms with Gasteiger partial charge in [-0.2, -0.15) is 0 Å². The fourth-order valence-corrected chi connectivity index (χ4v) is 1.39. The Hall–Kier alpha value is -1.63. The predicted octanol–water partition coefficient (Wildman–Crippen LogP) is 2.01. The molecule has 0 spiro atoms. The molecule has 18 heavy (non-hydrogen) atoms. The van der Waals surface area contributed by atoms with Crippen molar-refractivity contribution in [3.05, 3.63) is 28.5 Å². The van der Waals surface area contributed by atoms with E-state index in [4.69, 9.17) is 4.74 Å². The van der Waals surface area contributed by atoms with Gasteiger partial charge in [0.15, 0.2) is 0 Å². The van der Waals surface area contributed by atoms with Crippen LogP contribution in [0.15, 0.2) is 22.9 Å². The Bertz CT molecular complexity index is 457. The Morgan fingerprint density at radius 2 is 2.00 bits per heavy atom. The Morgan fingerprint density at radius 1 is 1.33 bits per heavy atom. The van der Waals surface area contributed by atoms with Gasteiger partial charge >= 0.3 is 6.09 Å². The van der Waals surface area contributed by atoms with Crippen LogP contribution in [-0.4, -0.2) is 22.6 Å². The second-order valence-electron chi connectivity index (χ2n) is 4.45. The van der Waals surface area contributed by atoms with Crippen molar-refractivity contribution in [1.29, 1.82) is 0 Å². The van der Waals surface area contributed by atoms with Crippen LogP contribution in [0.2, 0.25) is 0 Å². The summed E-state index contributed by atoms with van der Waals surface area (Å²) in [5.41, 5.74) is 4.15. The van der Waals surface area contributed by atoms with Gasteiger partial charge in [0, 0.05) is 11.8 Å². The van der Waals surface area contributed by atoms with Gasteiger partial charge in [0.1, 0.15) is 10.2 Å². The van der Waals surface area contributed by atoms with Crippen LogP contribution in [0.1, 0.15) is 31.1 Å². The number of hydrogen-bond donors (Lipinski definition) is 2. The van der Waals surface area contributed by atoms with Crippen molar-refractivity contribution < 1.29 is 14.3 Å². The summed E-state index contributed by atoms with van der Waals surface area (Å²) in [4.78, 5) is 26.8. The highest BCUT2D eigenvalue weighted by molar-refractivity contribution is 9.10. The Labute approximate surface area is 113 Å². The third kappa shape index (κ3) is 5.13. The number of nitrogens with zero attached hydrogens (tertiary/aromatic N) is 1. The zero-order valence-corrected chi connectivity index (χ0v) is 11.9. The molecule has 0 atom stereocenters. The summed E-state index contributed by atoms with van der Waals surface area (Å²) in [7, 11) is 0. The lowest BCUT2D eigenvalue weighted by Crippen LogP contribution is -2.44. The van der Waals surface area contributed by atoms with Gasteiger partial charge in [0.25, 0.3) is 5.91 Å². The van der Waals surface area contributed by atoms with Crippen molar-refractivity contribution in [1.82, 2.24) is 15.8 Å². The van der Waals surface area contributed by atoms with E-state index in [9.17, 15) is 9.59 Å². The molecule has 0 aliphatic carbocycles. The quantitative estimate of drug-likeness (QED) is 0.613. The summed E-state index contributed by atoms with van der Waals surface area (Å²) >= 11 is 3.15. The van der Waals surface area contributed by atoms with Crippen LogP contribution < -0.4 is 10.9 Å². The molecule has 7 heteroatoms. The van der Waals surface area contributed by atoms with E-state index < -0.39 is 17.6 Å². The molecule has 1 heterocycles. The number of carbonyl (C=O) groups excluding carboxylic acids is 2. The maximum atomic E-state index is 11.6. The number of amides is 2. The number of nitrogens with one attached hydrogen (secondary N) is 2. The van der Waals surface area contributed by atoms with Gasteiger partial charge in [0.2, 0.25) is 0 Å². The number of hydrogen-bond acceptors (Lipinski definition) is 4. The van der Waals surface area contributed by atoms with Crippen LogP contribution in [0.25, 0.3) is 0 Å². The normalized spacial score (nSPS) is 10.7. The smallest absolute Gasteiger partial charge is 0.426 e. The lowest BCUT2D eigenvalue weighted by atomic mass is 10.2. The number of rotatable bonds is 1. The van der Waals surface area contributed by atoms with Crippen molar-refractivity contribution >= 4 is 27.9 Å². The third-order valence-electron chi connectivity index (χ3n) is 1.67. The summed E-state index contributed by atoms with van der Waals surface area (Å²) < 4.78 is 5.50. The highest BCUT2D eigenvalue weighted by atomic mass is 79.9. The highest BCUT2D eigenvalue weighted by Crippen LogP contribution is 2.08. The molecular formula is C11H14BrN3O3. The minimum Gasteiger partial charge on any atom is -0.443 e. The van der Waals surface area contributed by atoms with Crippen LogP contribution in [0, 0.1) is 0 Å². The first kappa shape index (κ1) is 14.4. The molecule has 1 aromatic heterocycles. The van der Waals surface area contributed by atoms with E-state index in [2.05, 4.69) is 31.8 Å². The average Bonchev–Trinajstić information content (AvgIpc) is 2.23. The Morgan fingerprint density at radius 3 is 2.56 bits per heavy atom. The highest BCUT2D eigenvalue weighted by Gasteiger charge is 2.16. The molecule has 0 saturated heterocycles. The van der Waals surface area contributed by atoms with Gasteiger partial charge in [-0.3, -0.25) is 10.2 Å². The van der Waals surface area contributed by atoms with E-state index in [0.717, 1.165) is 0 Å². The topological polar surface area (TPSA) is 80.3 Å². The molecule has 1 aromatic rings. The molecule has 0 unspecified atom stereocenters. The number of aromatic nitrogens is 1. The standard InChI is InChI=1S/C11H14BrN3O3/c1-11(2,3)18-10(17)15-14-9(16)7-4-5-13-8(12)6-7/h4-6H,1-3H3,(H,14,16)(H,15,17). The molecule has 2 amide bonds. The summed E-state index contributed by atoms with van der Waals surface area (Å²) in [5, 5.41) is 0. The van der Waals surface area contributed by atoms with Crippen molar-refractivity contribution in [2.24, 2.45) is 0 Å². The number of pyridine rings is 1. The van der Waals surface area contributed by atoms with Crippen LogP contribution in [0.4, 0.5) is 4.79 Å². The van der Waals surface area contributed by atoms with Crippen LogP contribution in [-0.2, 0) is 4.74 Å². The first-order chi connectivity index (χ1) is 8.28. The van der Waals surface area contributed by atoms with E-state index in [-0.39, 0.29) is 0 Å². The number of ether oxygens (including phenoxy) is 1. The second kappa shape index (κ2) is 5.81. The maximum absolute atomic E-state index is 11.6. The van der Waals surface area contributed by atoms with E-state index >= 15 is 0 Å². The monoisotopic (exact) mass is 315 g/mol. The van der Waals surface area contributed by atoms with Crippen molar-refractivity contribution in [3.63, 3.8) is 0 Å². The van der Waals surface area contributed by atoms with Gasteiger partial charge < -0.3 is 4.74 Å².